The highest BCUT2D eigenvalue weighted by Gasteiger charge is 2.34. The molecule has 0 unspecified atom stereocenters. The Kier molecular flexibility index (Phi) is 3.09. The fourth-order valence-electron chi connectivity index (χ4n) is 2.61. The van der Waals surface area contributed by atoms with Crippen LogP contribution < -0.4 is 4.90 Å². The number of nitrogens with zero attached hydrogens (tertiary/aromatic N) is 2. The Morgan fingerprint density at radius 1 is 1.00 bits per heavy atom. The summed E-state index contributed by atoms with van der Waals surface area (Å²) in [4.78, 5) is 18.9. The maximum Gasteiger partial charge on any atom is 0.265 e. The number of amides is 1. The molecule has 4 heteroatoms. The summed E-state index contributed by atoms with van der Waals surface area (Å²) in [5, 5.41) is 2.58. The Hall–Kier alpha value is -2.72. The molecule has 2 aromatic carbocycles. The van der Waals surface area contributed by atoms with Gasteiger partial charge in [-0.05, 0) is 17.7 Å². The Labute approximate surface area is 132 Å². The lowest BCUT2D eigenvalue weighted by Crippen LogP contribution is -2.20. The second kappa shape index (κ2) is 5.24. The smallest absolute Gasteiger partial charge is 0.265 e. The van der Waals surface area contributed by atoms with E-state index in [9.17, 15) is 4.79 Å². The molecule has 3 aromatic rings. The van der Waals surface area contributed by atoms with Gasteiger partial charge in [-0.3, -0.25) is 9.69 Å². The van der Waals surface area contributed by atoms with Gasteiger partial charge in [0.05, 0.1) is 11.3 Å². The molecule has 0 saturated carbocycles. The number of benzene rings is 2. The van der Waals surface area contributed by atoms with Crippen molar-refractivity contribution < 1.29 is 4.79 Å². The molecule has 4 rings (SSSR count). The average Bonchev–Trinajstić information content (AvgIpc) is 3.16. The lowest BCUT2D eigenvalue weighted by molar-refractivity contribution is -0.112. The first-order chi connectivity index (χ1) is 10.8. The minimum absolute atomic E-state index is 0.0278. The molecular weight excluding hydrogens is 292 g/mol. The summed E-state index contributed by atoms with van der Waals surface area (Å²) < 4.78 is 0. The van der Waals surface area contributed by atoms with Gasteiger partial charge in [0.1, 0.15) is 0 Å². The summed E-state index contributed by atoms with van der Waals surface area (Å²) in [6, 6.07) is 17.7. The van der Waals surface area contributed by atoms with Crippen molar-refractivity contribution in [1.29, 1.82) is 0 Å². The number of aromatic nitrogens is 1. The molecule has 2 heterocycles. The van der Waals surface area contributed by atoms with Gasteiger partial charge in [0.15, 0.2) is 5.13 Å². The van der Waals surface area contributed by atoms with E-state index in [-0.39, 0.29) is 5.91 Å². The van der Waals surface area contributed by atoms with E-state index in [0.717, 1.165) is 16.8 Å². The second-order valence-corrected chi connectivity index (χ2v) is 5.81. The van der Waals surface area contributed by atoms with E-state index in [1.165, 1.54) is 11.3 Å². The van der Waals surface area contributed by atoms with Crippen molar-refractivity contribution in [3.8, 4) is 0 Å². The third kappa shape index (κ3) is 2.05. The van der Waals surface area contributed by atoms with E-state index in [2.05, 4.69) is 4.98 Å². The van der Waals surface area contributed by atoms with E-state index in [1.54, 1.807) is 11.1 Å². The van der Waals surface area contributed by atoms with Crippen LogP contribution in [0.3, 0.4) is 0 Å². The molecule has 1 aliphatic rings. The molecule has 0 spiro atoms. The zero-order chi connectivity index (χ0) is 14.9. The highest BCUT2D eigenvalue weighted by Crippen LogP contribution is 2.42. The lowest BCUT2D eigenvalue weighted by Gasteiger charge is -2.12. The molecule has 0 atom stereocenters. The van der Waals surface area contributed by atoms with Gasteiger partial charge in [-0.1, -0.05) is 48.5 Å². The van der Waals surface area contributed by atoms with E-state index < -0.39 is 0 Å². The summed E-state index contributed by atoms with van der Waals surface area (Å²) >= 11 is 1.46. The van der Waals surface area contributed by atoms with E-state index in [0.29, 0.717) is 10.7 Å². The van der Waals surface area contributed by atoms with Crippen molar-refractivity contribution in [3.63, 3.8) is 0 Å². The van der Waals surface area contributed by atoms with Gasteiger partial charge in [-0.15, -0.1) is 11.3 Å². The molecule has 106 valence electrons. The van der Waals surface area contributed by atoms with Crippen molar-refractivity contribution >= 4 is 39.7 Å². The number of hydrogen-bond donors (Lipinski definition) is 0. The summed E-state index contributed by atoms with van der Waals surface area (Å²) in [5.41, 5.74) is 3.56. The molecule has 0 aliphatic carbocycles. The number of rotatable bonds is 2. The Balaban J connectivity index is 1.88. The molecule has 0 fully saturated rings. The molecule has 1 amide bonds. The third-order valence-corrected chi connectivity index (χ3v) is 4.35. The fraction of sp³-hybridized carbons (Fsp3) is 0. The zero-order valence-electron chi connectivity index (χ0n) is 11.6. The van der Waals surface area contributed by atoms with Crippen molar-refractivity contribution in [2.45, 2.75) is 0 Å². The highest BCUT2D eigenvalue weighted by molar-refractivity contribution is 7.14. The average molecular weight is 304 g/mol. The van der Waals surface area contributed by atoms with Crippen LogP contribution in [0.2, 0.25) is 0 Å². The van der Waals surface area contributed by atoms with Gasteiger partial charge in [-0.25, -0.2) is 4.98 Å². The Morgan fingerprint density at radius 2 is 1.77 bits per heavy atom. The number of hydrogen-bond acceptors (Lipinski definition) is 3. The van der Waals surface area contributed by atoms with Crippen molar-refractivity contribution in [3.05, 3.63) is 77.3 Å². The molecule has 1 aliphatic heterocycles. The van der Waals surface area contributed by atoms with Gasteiger partial charge >= 0.3 is 0 Å². The number of fused-ring (bicyclic) bond motifs is 1. The predicted molar refractivity (Wildman–Crippen MR) is 90.0 cm³/mol. The zero-order valence-corrected chi connectivity index (χ0v) is 12.5. The lowest BCUT2D eigenvalue weighted by atomic mass is 10.0. The van der Waals surface area contributed by atoms with Crippen LogP contribution in [0.1, 0.15) is 11.1 Å². The third-order valence-electron chi connectivity index (χ3n) is 3.59. The number of carbonyl (C=O) groups excluding carboxylic acids is 1. The van der Waals surface area contributed by atoms with Crippen LogP contribution in [0.25, 0.3) is 11.6 Å². The van der Waals surface area contributed by atoms with Gasteiger partial charge in [0.25, 0.3) is 5.91 Å². The highest BCUT2D eigenvalue weighted by atomic mass is 32.1. The summed E-state index contributed by atoms with van der Waals surface area (Å²) in [7, 11) is 0. The fourth-order valence-corrected chi connectivity index (χ4v) is 3.26. The van der Waals surface area contributed by atoms with Crippen LogP contribution in [0, 0.1) is 0 Å². The molecule has 22 heavy (non-hydrogen) atoms. The van der Waals surface area contributed by atoms with Crippen LogP contribution in [0.5, 0.6) is 0 Å². The molecule has 0 saturated heterocycles. The van der Waals surface area contributed by atoms with E-state index in [1.807, 2.05) is 66.1 Å². The molecule has 0 radical (unpaired) electrons. The standard InChI is InChI=1S/C18H12N2OS/c21-17-15(12-13-6-2-1-3-7-13)14-8-4-5-9-16(14)20(17)18-19-10-11-22-18/h1-12H/b15-12-. The van der Waals surface area contributed by atoms with Gasteiger partial charge < -0.3 is 0 Å². The topological polar surface area (TPSA) is 33.2 Å². The second-order valence-electron chi connectivity index (χ2n) is 4.94. The van der Waals surface area contributed by atoms with E-state index >= 15 is 0 Å². The quantitative estimate of drug-likeness (QED) is 0.659. The normalized spacial score (nSPS) is 15.4. The van der Waals surface area contributed by atoms with Gasteiger partial charge in [0, 0.05) is 17.1 Å². The molecule has 3 nitrogen and oxygen atoms in total. The van der Waals surface area contributed by atoms with Gasteiger partial charge in [0.2, 0.25) is 0 Å². The molecular formula is C18H12N2OS. The molecule has 0 N–H and O–H groups in total. The minimum Gasteiger partial charge on any atom is -0.268 e. The van der Waals surface area contributed by atoms with Crippen LogP contribution in [-0.2, 0) is 4.79 Å². The van der Waals surface area contributed by atoms with E-state index in [4.69, 9.17) is 0 Å². The first-order valence-corrected chi connectivity index (χ1v) is 7.82. The summed E-state index contributed by atoms with van der Waals surface area (Å²) in [6.07, 6.45) is 3.66. The van der Waals surface area contributed by atoms with Crippen molar-refractivity contribution in [2.75, 3.05) is 4.90 Å². The number of para-hydroxylation sites is 1. The first-order valence-electron chi connectivity index (χ1n) is 6.95. The predicted octanol–water partition coefficient (Wildman–Crippen LogP) is 4.36. The Morgan fingerprint density at radius 3 is 2.55 bits per heavy atom. The maximum atomic E-state index is 12.9. The van der Waals surface area contributed by atoms with Crippen LogP contribution in [-0.4, -0.2) is 10.9 Å². The van der Waals surface area contributed by atoms with Crippen LogP contribution in [0.4, 0.5) is 10.8 Å². The van der Waals surface area contributed by atoms with Crippen LogP contribution in [0.15, 0.2) is 66.2 Å². The van der Waals surface area contributed by atoms with Crippen molar-refractivity contribution in [1.82, 2.24) is 4.98 Å². The molecule has 0 bridgehead atoms. The number of thiazole rings is 1. The largest absolute Gasteiger partial charge is 0.268 e. The molecule has 1 aromatic heterocycles. The Bertz CT molecular complexity index is 854. The maximum absolute atomic E-state index is 12.9. The number of anilines is 2. The summed E-state index contributed by atoms with van der Waals surface area (Å²) in [6.45, 7) is 0. The summed E-state index contributed by atoms with van der Waals surface area (Å²) in [5.74, 6) is -0.0278. The number of carbonyl (C=O) groups is 1. The minimum atomic E-state index is -0.0278. The monoisotopic (exact) mass is 304 g/mol. The SMILES string of the molecule is O=C1/C(=C\c2ccccc2)c2ccccc2N1c1nccs1. The van der Waals surface area contributed by atoms with Gasteiger partial charge in [-0.2, -0.15) is 0 Å². The van der Waals surface area contributed by atoms with Crippen LogP contribution >= 0.6 is 11.3 Å². The van der Waals surface area contributed by atoms with Crippen molar-refractivity contribution in [2.24, 2.45) is 0 Å². The first kappa shape index (κ1) is 13.0.